The first-order valence-electron chi connectivity index (χ1n) is 3.78. The second kappa shape index (κ2) is 3.07. The smallest absolute Gasteiger partial charge is 0.183 e. The van der Waals surface area contributed by atoms with E-state index in [0.717, 1.165) is 5.69 Å². The van der Waals surface area contributed by atoms with Crippen LogP contribution in [0.25, 0.3) is 5.69 Å². The molecule has 2 rings (SSSR count). The van der Waals surface area contributed by atoms with Crippen LogP contribution in [0.1, 0.15) is 5.69 Å². The number of hydrogen-bond donors (Lipinski definition) is 0. The molecule has 13 heavy (non-hydrogen) atoms. The van der Waals surface area contributed by atoms with Gasteiger partial charge in [-0.15, -0.1) is 5.10 Å². The Bertz CT molecular complexity index is 438. The first-order chi connectivity index (χ1) is 6.40. The highest BCUT2D eigenvalue weighted by atomic mass is 15.5. The van der Waals surface area contributed by atoms with Crippen LogP contribution in [0.4, 0.5) is 0 Å². The van der Waals surface area contributed by atoms with Crippen LogP contribution in [-0.4, -0.2) is 15.0 Å². The second-order valence-corrected chi connectivity index (χ2v) is 2.47. The molecule has 0 aliphatic carbocycles. The standard InChI is InChI=1S/C9H6N4/c10-6-8-7-11-13(12-8)9-4-2-1-3-5-9/h1-5,7H. The number of nitrogens with zero attached hydrogens (tertiary/aromatic N) is 4. The number of nitriles is 1. The summed E-state index contributed by atoms with van der Waals surface area (Å²) in [6.45, 7) is 0. The number of para-hydroxylation sites is 1. The van der Waals surface area contributed by atoms with E-state index >= 15 is 0 Å². The van der Waals surface area contributed by atoms with Gasteiger partial charge in [-0.05, 0) is 12.1 Å². The van der Waals surface area contributed by atoms with E-state index in [1.165, 1.54) is 11.0 Å². The molecular weight excluding hydrogens is 164 g/mol. The van der Waals surface area contributed by atoms with E-state index in [2.05, 4.69) is 10.2 Å². The van der Waals surface area contributed by atoms with Crippen molar-refractivity contribution in [2.75, 3.05) is 0 Å². The average Bonchev–Trinajstić information content (AvgIpc) is 2.67. The lowest BCUT2D eigenvalue weighted by atomic mass is 10.3. The summed E-state index contributed by atoms with van der Waals surface area (Å²) in [6.07, 6.45) is 1.44. The quantitative estimate of drug-likeness (QED) is 0.644. The average molecular weight is 170 g/mol. The number of rotatable bonds is 1. The molecule has 0 aliphatic rings. The molecule has 1 aromatic carbocycles. The van der Waals surface area contributed by atoms with Crippen LogP contribution in [0.5, 0.6) is 0 Å². The van der Waals surface area contributed by atoms with Crippen LogP contribution < -0.4 is 0 Å². The van der Waals surface area contributed by atoms with Gasteiger partial charge in [0, 0.05) is 0 Å². The van der Waals surface area contributed by atoms with Crippen LogP contribution in [0.2, 0.25) is 0 Å². The summed E-state index contributed by atoms with van der Waals surface area (Å²) >= 11 is 0. The number of hydrogen-bond acceptors (Lipinski definition) is 3. The van der Waals surface area contributed by atoms with Crippen LogP contribution in [0.15, 0.2) is 36.5 Å². The lowest BCUT2D eigenvalue weighted by Gasteiger charge is -1.95. The third kappa shape index (κ3) is 1.40. The fourth-order valence-corrected chi connectivity index (χ4v) is 1.00. The summed E-state index contributed by atoms with van der Waals surface area (Å²) in [5.41, 5.74) is 1.17. The lowest BCUT2D eigenvalue weighted by molar-refractivity contribution is 0.749. The van der Waals surface area contributed by atoms with Crippen molar-refractivity contribution in [1.82, 2.24) is 15.0 Å². The van der Waals surface area contributed by atoms with E-state index in [1.54, 1.807) is 0 Å². The van der Waals surface area contributed by atoms with Crippen molar-refractivity contribution in [2.45, 2.75) is 0 Å². The van der Waals surface area contributed by atoms with Gasteiger partial charge in [0.05, 0.1) is 11.9 Å². The van der Waals surface area contributed by atoms with Gasteiger partial charge in [-0.25, -0.2) is 0 Å². The lowest BCUT2D eigenvalue weighted by Crippen LogP contribution is -1.97. The van der Waals surface area contributed by atoms with Gasteiger partial charge < -0.3 is 0 Å². The minimum Gasteiger partial charge on any atom is -0.191 e. The fraction of sp³-hybridized carbons (Fsp3) is 0. The molecule has 62 valence electrons. The van der Waals surface area contributed by atoms with Gasteiger partial charge in [0.15, 0.2) is 5.69 Å². The molecule has 0 bridgehead atoms. The minimum atomic E-state index is 0.323. The molecule has 1 aromatic heterocycles. The Labute approximate surface area is 75.0 Å². The number of benzene rings is 1. The maximum absolute atomic E-state index is 8.53. The Morgan fingerprint density at radius 1 is 1.23 bits per heavy atom. The van der Waals surface area contributed by atoms with Gasteiger partial charge in [0.25, 0.3) is 0 Å². The second-order valence-electron chi connectivity index (χ2n) is 2.47. The van der Waals surface area contributed by atoms with E-state index in [9.17, 15) is 0 Å². The summed E-state index contributed by atoms with van der Waals surface area (Å²) < 4.78 is 0. The van der Waals surface area contributed by atoms with E-state index < -0.39 is 0 Å². The van der Waals surface area contributed by atoms with Gasteiger partial charge >= 0.3 is 0 Å². The molecule has 0 unspecified atom stereocenters. The molecule has 2 aromatic rings. The molecule has 0 amide bonds. The van der Waals surface area contributed by atoms with Gasteiger partial charge in [-0.2, -0.15) is 15.2 Å². The molecule has 0 N–H and O–H groups in total. The summed E-state index contributed by atoms with van der Waals surface area (Å²) in [7, 11) is 0. The monoisotopic (exact) mass is 170 g/mol. The Kier molecular flexibility index (Phi) is 1.77. The summed E-state index contributed by atoms with van der Waals surface area (Å²) in [6, 6.07) is 11.4. The summed E-state index contributed by atoms with van der Waals surface area (Å²) in [4.78, 5) is 1.43. The predicted molar refractivity (Wildman–Crippen MR) is 46.1 cm³/mol. The van der Waals surface area contributed by atoms with Crippen LogP contribution in [-0.2, 0) is 0 Å². The van der Waals surface area contributed by atoms with Crippen LogP contribution in [0, 0.1) is 11.3 Å². The highest BCUT2D eigenvalue weighted by Gasteiger charge is 1.99. The third-order valence-electron chi connectivity index (χ3n) is 1.59. The van der Waals surface area contributed by atoms with E-state index in [1.807, 2.05) is 36.4 Å². The Hall–Kier alpha value is -2.15. The normalized spacial score (nSPS) is 9.46. The van der Waals surface area contributed by atoms with Crippen molar-refractivity contribution >= 4 is 0 Å². The predicted octanol–water partition coefficient (Wildman–Crippen LogP) is 1.14. The van der Waals surface area contributed by atoms with Gasteiger partial charge in [-0.1, -0.05) is 18.2 Å². The number of aromatic nitrogens is 3. The van der Waals surface area contributed by atoms with Gasteiger partial charge in [0.1, 0.15) is 6.07 Å². The molecular formula is C9H6N4. The zero-order chi connectivity index (χ0) is 9.10. The maximum Gasteiger partial charge on any atom is 0.183 e. The van der Waals surface area contributed by atoms with Gasteiger partial charge in [0.2, 0.25) is 0 Å². The Balaban J connectivity index is 2.43. The molecule has 1 heterocycles. The maximum atomic E-state index is 8.53. The molecule has 0 saturated carbocycles. The Morgan fingerprint density at radius 2 is 2.00 bits per heavy atom. The molecule has 4 nitrogen and oxygen atoms in total. The van der Waals surface area contributed by atoms with Crippen molar-refractivity contribution in [1.29, 1.82) is 5.26 Å². The van der Waals surface area contributed by atoms with Crippen molar-refractivity contribution in [3.8, 4) is 11.8 Å². The van der Waals surface area contributed by atoms with E-state index in [0.29, 0.717) is 5.69 Å². The molecule has 0 saturated heterocycles. The minimum absolute atomic E-state index is 0.323. The molecule has 0 atom stereocenters. The Morgan fingerprint density at radius 3 is 2.62 bits per heavy atom. The first-order valence-corrected chi connectivity index (χ1v) is 3.78. The summed E-state index contributed by atoms with van der Waals surface area (Å²) in [5.74, 6) is 0. The third-order valence-corrected chi connectivity index (χ3v) is 1.59. The van der Waals surface area contributed by atoms with E-state index in [4.69, 9.17) is 5.26 Å². The largest absolute Gasteiger partial charge is 0.191 e. The summed E-state index contributed by atoms with van der Waals surface area (Å²) in [5, 5.41) is 16.4. The van der Waals surface area contributed by atoms with Gasteiger partial charge in [-0.3, -0.25) is 0 Å². The first kappa shape index (κ1) is 7.50. The molecule has 4 heteroatoms. The highest BCUT2D eigenvalue weighted by Crippen LogP contribution is 2.03. The SMILES string of the molecule is N#Cc1cnn(-c2ccccc2)n1. The van der Waals surface area contributed by atoms with Crippen LogP contribution in [0.3, 0.4) is 0 Å². The zero-order valence-corrected chi connectivity index (χ0v) is 6.75. The molecule has 0 radical (unpaired) electrons. The van der Waals surface area contributed by atoms with Crippen molar-refractivity contribution < 1.29 is 0 Å². The van der Waals surface area contributed by atoms with Crippen LogP contribution >= 0.6 is 0 Å². The highest BCUT2D eigenvalue weighted by molar-refractivity contribution is 5.29. The van der Waals surface area contributed by atoms with Crippen molar-refractivity contribution in [3.05, 3.63) is 42.2 Å². The van der Waals surface area contributed by atoms with E-state index in [-0.39, 0.29) is 0 Å². The zero-order valence-electron chi connectivity index (χ0n) is 6.75. The molecule has 0 spiro atoms. The van der Waals surface area contributed by atoms with Crippen molar-refractivity contribution in [2.24, 2.45) is 0 Å². The topological polar surface area (TPSA) is 54.5 Å². The molecule has 0 aliphatic heterocycles. The fourth-order valence-electron chi connectivity index (χ4n) is 1.00. The molecule has 0 fully saturated rings. The van der Waals surface area contributed by atoms with Crippen molar-refractivity contribution in [3.63, 3.8) is 0 Å².